The van der Waals surface area contributed by atoms with Crippen LogP contribution in [-0.4, -0.2) is 30.6 Å². The van der Waals surface area contributed by atoms with Gasteiger partial charge in [0, 0.05) is 11.8 Å². The third-order valence-corrected chi connectivity index (χ3v) is 7.14. The number of unbranched alkanes of at least 4 members (excludes halogenated alkanes) is 10. The maximum atomic E-state index is 12.9. The Hall–Kier alpha value is -1.39. The highest BCUT2D eigenvalue weighted by Crippen LogP contribution is 2.34. The smallest absolute Gasteiger partial charge is 0.338 e. The predicted octanol–water partition coefficient (Wildman–Crippen LogP) is 8.34. The molecule has 1 aliphatic heterocycles. The summed E-state index contributed by atoms with van der Waals surface area (Å²) < 4.78 is 18.2. The summed E-state index contributed by atoms with van der Waals surface area (Å²) in [6.45, 7) is 11.2. The molecule has 194 valence electrons. The van der Waals surface area contributed by atoms with Gasteiger partial charge >= 0.3 is 5.97 Å². The summed E-state index contributed by atoms with van der Waals surface area (Å²) in [4.78, 5) is 12.9. The first-order chi connectivity index (χ1) is 16.3. The van der Waals surface area contributed by atoms with Crippen molar-refractivity contribution in [3.8, 4) is 0 Å². The number of hydrogen-bond acceptors (Lipinski definition) is 4. The van der Waals surface area contributed by atoms with E-state index in [0.717, 1.165) is 12.8 Å². The Morgan fingerprint density at radius 2 is 1.53 bits per heavy atom. The van der Waals surface area contributed by atoms with Gasteiger partial charge in [-0.15, -0.1) is 0 Å². The third kappa shape index (κ3) is 10.5. The van der Waals surface area contributed by atoms with E-state index in [1.165, 1.54) is 64.2 Å². The van der Waals surface area contributed by atoms with Crippen LogP contribution in [0.15, 0.2) is 30.3 Å². The number of benzene rings is 1. The number of carbonyl (C=O) groups excluding carboxylic acids is 1. The van der Waals surface area contributed by atoms with Crippen LogP contribution in [0, 0.1) is 11.8 Å². The van der Waals surface area contributed by atoms with E-state index < -0.39 is 5.79 Å². The van der Waals surface area contributed by atoms with Crippen LogP contribution in [0.5, 0.6) is 0 Å². The molecule has 1 aliphatic rings. The summed E-state index contributed by atoms with van der Waals surface area (Å²) in [6, 6.07) is 9.32. The van der Waals surface area contributed by atoms with Crippen molar-refractivity contribution in [1.29, 1.82) is 0 Å². The molecule has 0 amide bonds. The minimum atomic E-state index is -0.601. The summed E-state index contributed by atoms with van der Waals surface area (Å²) in [5.41, 5.74) is 0.611. The molecule has 1 aromatic carbocycles. The van der Waals surface area contributed by atoms with Gasteiger partial charge in [-0.1, -0.05) is 103 Å². The van der Waals surface area contributed by atoms with E-state index in [2.05, 4.69) is 20.8 Å². The van der Waals surface area contributed by atoms with Gasteiger partial charge in [0.2, 0.25) is 0 Å². The van der Waals surface area contributed by atoms with Crippen molar-refractivity contribution in [3.05, 3.63) is 35.9 Å². The predicted molar refractivity (Wildman–Crippen MR) is 140 cm³/mol. The zero-order chi connectivity index (χ0) is 24.8. The fourth-order valence-corrected chi connectivity index (χ4v) is 4.96. The highest BCUT2D eigenvalue weighted by Gasteiger charge is 2.40. The van der Waals surface area contributed by atoms with E-state index in [4.69, 9.17) is 14.2 Å². The standard InChI is InChI=1S/C30H50O4/c1-6-7-8-9-10-11-12-13-14-15-19-22-27(33-29(31)26-20-17-16-18-21-26)25(3)28-24(2)23-32-30(4,5)34-28/h16-18,20-21,24-25,27-28H,6-15,19,22-23H2,1-5H3/t24-,25-,27+,28-/m0/s1. The van der Waals surface area contributed by atoms with Crippen LogP contribution in [0.1, 0.15) is 122 Å². The molecule has 2 rings (SSSR count). The first kappa shape index (κ1) is 28.8. The van der Waals surface area contributed by atoms with Crippen molar-refractivity contribution < 1.29 is 19.0 Å². The second kappa shape index (κ2) is 15.6. The van der Waals surface area contributed by atoms with Crippen LogP contribution in [0.3, 0.4) is 0 Å². The van der Waals surface area contributed by atoms with Gasteiger partial charge in [0.25, 0.3) is 0 Å². The zero-order valence-electron chi connectivity index (χ0n) is 22.5. The Balaban J connectivity index is 1.83. The van der Waals surface area contributed by atoms with Gasteiger partial charge in [0.15, 0.2) is 5.79 Å². The van der Waals surface area contributed by atoms with Crippen LogP contribution >= 0.6 is 0 Å². The monoisotopic (exact) mass is 474 g/mol. The molecule has 1 saturated heterocycles. The summed E-state index contributed by atoms with van der Waals surface area (Å²) in [5.74, 6) is -0.470. The van der Waals surface area contributed by atoms with Gasteiger partial charge < -0.3 is 14.2 Å². The van der Waals surface area contributed by atoms with E-state index in [1.807, 2.05) is 44.2 Å². The number of ether oxygens (including phenoxy) is 3. The largest absolute Gasteiger partial charge is 0.458 e. The first-order valence-corrected chi connectivity index (χ1v) is 13.9. The quantitative estimate of drug-likeness (QED) is 0.178. The SMILES string of the molecule is CCCCCCCCCCCCC[C@@H](OC(=O)c1ccccc1)[C@H](C)[C@H]1OC(C)(C)OC[C@@H]1C. The van der Waals surface area contributed by atoms with Crippen molar-refractivity contribution in [3.63, 3.8) is 0 Å². The van der Waals surface area contributed by atoms with Crippen molar-refractivity contribution in [1.82, 2.24) is 0 Å². The van der Waals surface area contributed by atoms with E-state index in [1.54, 1.807) is 0 Å². The molecule has 4 atom stereocenters. The molecule has 1 aromatic rings. The molecule has 1 heterocycles. The normalized spacial score (nSPS) is 21.7. The fraction of sp³-hybridized carbons (Fsp3) is 0.767. The summed E-state index contributed by atoms with van der Waals surface area (Å²) in [6.07, 6.45) is 15.1. The first-order valence-electron chi connectivity index (χ1n) is 13.9. The summed E-state index contributed by atoms with van der Waals surface area (Å²) in [5, 5.41) is 0. The van der Waals surface area contributed by atoms with Crippen LogP contribution in [0.4, 0.5) is 0 Å². The molecule has 0 aromatic heterocycles. The lowest BCUT2D eigenvalue weighted by molar-refractivity contribution is -0.303. The second-order valence-corrected chi connectivity index (χ2v) is 10.8. The molecule has 0 unspecified atom stereocenters. The Kier molecular flexibility index (Phi) is 13.2. The molecular formula is C30H50O4. The summed E-state index contributed by atoms with van der Waals surface area (Å²) >= 11 is 0. The minimum Gasteiger partial charge on any atom is -0.458 e. The number of carbonyl (C=O) groups is 1. The van der Waals surface area contributed by atoms with Crippen LogP contribution < -0.4 is 0 Å². The van der Waals surface area contributed by atoms with Gasteiger partial charge in [-0.3, -0.25) is 0 Å². The second-order valence-electron chi connectivity index (χ2n) is 10.8. The van der Waals surface area contributed by atoms with Gasteiger partial charge in [-0.2, -0.15) is 0 Å². The van der Waals surface area contributed by atoms with E-state index in [-0.39, 0.29) is 30.0 Å². The van der Waals surface area contributed by atoms with Crippen LogP contribution in [0.2, 0.25) is 0 Å². The molecule has 4 heteroatoms. The Morgan fingerprint density at radius 1 is 0.971 bits per heavy atom. The minimum absolute atomic E-state index is 0.00466. The average molecular weight is 475 g/mol. The number of rotatable bonds is 16. The number of esters is 1. The maximum Gasteiger partial charge on any atom is 0.338 e. The van der Waals surface area contributed by atoms with Crippen molar-refractivity contribution >= 4 is 5.97 Å². The van der Waals surface area contributed by atoms with Crippen molar-refractivity contribution in [2.45, 2.75) is 130 Å². The molecule has 0 bridgehead atoms. The molecule has 4 nitrogen and oxygen atoms in total. The van der Waals surface area contributed by atoms with Gasteiger partial charge in [-0.25, -0.2) is 4.79 Å². The highest BCUT2D eigenvalue weighted by atomic mass is 16.7. The molecule has 34 heavy (non-hydrogen) atoms. The number of hydrogen-bond donors (Lipinski definition) is 0. The lowest BCUT2D eigenvalue weighted by Crippen LogP contribution is -2.50. The molecule has 0 saturated carbocycles. The lowest BCUT2D eigenvalue weighted by Gasteiger charge is -2.44. The maximum absolute atomic E-state index is 12.9. The zero-order valence-corrected chi connectivity index (χ0v) is 22.5. The van der Waals surface area contributed by atoms with E-state index in [0.29, 0.717) is 12.2 Å². The van der Waals surface area contributed by atoms with Gasteiger partial charge in [0.1, 0.15) is 6.10 Å². The molecular weight excluding hydrogens is 424 g/mol. The van der Waals surface area contributed by atoms with Crippen LogP contribution in [0.25, 0.3) is 0 Å². The highest BCUT2D eigenvalue weighted by molar-refractivity contribution is 5.89. The van der Waals surface area contributed by atoms with Crippen LogP contribution in [-0.2, 0) is 14.2 Å². The molecule has 1 fully saturated rings. The molecule has 0 radical (unpaired) electrons. The average Bonchev–Trinajstić information content (AvgIpc) is 2.83. The van der Waals surface area contributed by atoms with E-state index >= 15 is 0 Å². The molecule has 0 N–H and O–H groups in total. The van der Waals surface area contributed by atoms with E-state index in [9.17, 15) is 4.79 Å². The molecule has 0 aliphatic carbocycles. The lowest BCUT2D eigenvalue weighted by atomic mass is 9.86. The van der Waals surface area contributed by atoms with Gasteiger partial charge in [0.05, 0.1) is 18.3 Å². The molecule has 0 spiro atoms. The Bertz CT molecular complexity index is 672. The van der Waals surface area contributed by atoms with Crippen molar-refractivity contribution in [2.24, 2.45) is 11.8 Å². The Labute approximate surface area is 209 Å². The Morgan fingerprint density at radius 3 is 2.12 bits per heavy atom. The van der Waals surface area contributed by atoms with Crippen molar-refractivity contribution in [2.75, 3.05) is 6.61 Å². The summed E-state index contributed by atoms with van der Waals surface area (Å²) in [7, 11) is 0. The topological polar surface area (TPSA) is 44.8 Å². The third-order valence-electron chi connectivity index (χ3n) is 7.14. The van der Waals surface area contributed by atoms with Gasteiger partial charge in [-0.05, 0) is 38.8 Å². The fourth-order valence-electron chi connectivity index (χ4n) is 4.96.